The van der Waals surface area contributed by atoms with Crippen molar-refractivity contribution in [3.63, 3.8) is 0 Å². The van der Waals surface area contributed by atoms with Gasteiger partial charge in [0.2, 0.25) is 0 Å². The first-order valence-electron chi connectivity index (χ1n) is 7.81. The zero-order valence-electron chi connectivity index (χ0n) is 13.0. The van der Waals surface area contributed by atoms with E-state index in [1.54, 1.807) is 34.1 Å². The van der Waals surface area contributed by atoms with Crippen molar-refractivity contribution in [2.75, 3.05) is 6.54 Å². The van der Waals surface area contributed by atoms with E-state index < -0.39 is 0 Å². The first-order valence-corrected chi connectivity index (χ1v) is 7.81. The minimum Gasteiger partial charge on any atom is -0.334 e. The fourth-order valence-corrected chi connectivity index (χ4v) is 3.01. The number of aromatic nitrogens is 3. The van der Waals surface area contributed by atoms with E-state index in [1.807, 2.05) is 30.3 Å². The van der Waals surface area contributed by atoms with Crippen molar-refractivity contribution in [1.82, 2.24) is 19.7 Å². The number of aromatic amines is 1. The second kappa shape index (κ2) is 5.81. The number of hydrogen-bond acceptors (Lipinski definition) is 3. The van der Waals surface area contributed by atoms with Crippen LogP contribution in [0.3, 0.4) is 0 Å². The lowest BCUT2D eigenvalue weighted by Gasteiger charge is -2.26. The number of amides is 1. The van der Waals surface area contributed by atoms with E-state index >= 15 is 0 Å². The molecule has 0 atom stereocenters. The number of benzene rings is 1. The highest BCUT2D eigenvalue weighted by Gasteiger charge is 2.26. The second-order valence-electron chi connectivity index (χ2n) is 5.76. The number of nitrogens with zero attached hydrogens (tertiary/aromatic N) is 3. The van der Waals surface area contributed by atoms with Crippen molar-refractivity contribution in [3.8, 4) is 5.69 Å². The van der Waals surface area contributed by atoms with Crippen LogP contribution in [-0.2, 0) is 13.0 Å². The van der Waals surface area contributed by atoms with Crippen molar-refractivity contribution in [1.29, 1.82) is 0 Å². The fourth-order valence-electron chi connectivity index (χ4n) is 3.01. The van der Waals surface area contributed by atoms with Gasteiger partial charge in [-0.25, -0.2) is 4.68 Å². The molecule has 0 spiro atoms. The van der Waals surface area contributed by atoms with Crippen LogP contribution in [0.25, 0.3) is 5.69 Å². The third-order valence-corrected chi connectivity index (χ3v) is 4.26. The van der Waals surface area contributed by atoms with Gasteiger partial charge in [-0.3, -0.25) is 19.7 Å². The standard InChI is InChI=1S/C18H16N4O2/c23-17(13-5-4-9-19-11-13)21-10-8-16-15(12-21)18(24)22(20-16)14-6-2-1-3-7-14/h1-7,9,11,20H,8,10,12H2. The molecule has 6 heteroatoms. The first-order chi connectivity index (χ1) is 11.7. The molecular weight excluding hydrogens is 304 g/mol. The van der Waals surface area contributed by atoms with Crippen molar-refractivity contribution in [2.45, 2.75) is 13.0 Å². The molecule has 1 amide bonds. The maximum Gasteiger partial charge on any atom is 0.276 e. The number of nitrogens with one attached hydrogen (secondary N) is 1. The monoisotopic (exact) mass is 320 g/mol. The molecule has 1 aromatic carbocycles. The van der Waals surface area contributed by atoms with Crippen LogP contribution >= 0.6 is 0 Å². The number of H-pyrrole nitrogens is 1. The molecule has 0 fully saturated rings. The SMILES string of the molecule is O=C(c1cccnc1)N1CCc2[nH]n(-c3ccccc3)c(=O)c2C1. The van der Waals surface area contributed by atoms with Gasteiger partial charge in [-0.1, -0.05) is 18.2 Å². The second-order valence-corrected chi connectivity index (χ2v) is 5.76. The molecule has 3 heterocycles. The van der Waals surface area contributed by atoms with Gasteiger partial charge in [0.25, 0.3) is 11.5 Å². The average molecular weight is 320 g/mol. The molecule has 0 bridgehead atoms. The zero-order valence-corrected chi connectivity index (χ0v) is 13.0. The van der Waals surface area contributed by atoms with E-state index in [0.29, 0.717) is 30.6 Å². The molecule has 1 aliphatic rings. The molecule has 0 aliphatic carbocycles. The van der Waals surface area contributed by atoms with Crippen LogP contribution < -0.4 is 5.56 Å². The number of hydrogen-bond donors (Lipinski definition) is 1. The smallest absolute Gasteiger partial charge is 0.276 e. The van der Waals surface area contributed by atoms with Gasteiger partial charge in [-0.15, -0.1) is 0 Å². The summed E-state index contributed by atoms with van der Waals surface area (Å²) in [6.07, 6.45) is 3.82. The Morgan fingerprint density at radius 2 is 1.96 bits per heavy atom. The molecule has 120 valence electrons. The van der Waals surface area contributed by atoms with Gasteiger partial charge in [-0.05, 0) is 24.3 Å². The predicted octanol–water partition coefficient (Wildman–Crippen LogP) is 1.76. The van der Waals surface area contributed by atoms with Crippen LogP contribution in [-0.4, -0.2) is 32.1 Å². The van der Waals surface area contributed by atoms with Crippen molar-refractivity contribution in [3.05, 3.63) is 82.0 Å². The Labute approximate surface area is 138 Å². The van der Waals surface area contributed by atoms with Gasteiger partial charge >= 0.3 is 0 Å². The van der Waals surface area contributed by atoms with Crippen LogP contribution in [0.4, 0.5) is 0 Å². The van der Waals surface area contributed by atoms with Crippen molar-refractivity contribution >= 4 is 5.91 Å². The van der Waals surface area contributed by atoms with Crippen LogP contribution in [0.1, 0.15) is 21.6 Å². The summed E-state index contributed by atoms with van der Waals surface area (Å²) in [6.45, 7) is 0.897. The Morgan fingerprint density at radius 1 is 1.12 bits per heavy atom. The third kappa shape index (κ3) is 2.42. The van der Waals surface area contributed by atoms with Crippen molar-refractivity contribution in [2.24, 2.45) is 0 Å². The molecule has 1 aliphatic heterocycles. The summed E-state index contributed by atoms with van der Waals surface area (Å²) in [7, 11) is 0. The molecule has 0 radical (unpaired) electrons. The van der Waals surface area contributed by atoms with Crippen LogP contribution in [0, 0.1) is 0 Å². The number of carbonyl (C=O) groups excluding carboxylic acids is 1. The maximum absolute atomic E-state index is 12.7. The van der Waals surface area contributed by atoms with E-state index in [1.165, 1.54) is 0 Å². The topological polar surface area (TPSA) is 71.0 Å². The first kappa shape index (κ1) is 14.4. The summed E-state index contributed by atoms with van der Waals surface area (Å²) in [4.78, 5) is 30.9. The quantitative estimate of drug-likeness (QED) is 0.782. The molecule has 1 N–H and O–H groups in total. The Kier molecular flexibility index (Phi) is 3.49. The van der Waals surface area contributed by atoms with E-state index in [9.17, 15) is 9.59 Å². The highest BCUT2D eigenvalue weighted by molar-refractivity contribution is 5.94. The van der Waals surface area contributed by atoms with Crippen LogP contribution in [0.15, 0.2) is 59.7 Å². The van der Waals surface area contributed by atoms with E-state index in [2.05, 4.69) is 10.1 Å². The lowest BCUT2D eigenvalue weighted by atomic mass is 10.1. The molecular formula is C18H16N4O2. The number of para-hydroxylation sites is 1. The fraction of sp³-hybridized carbons (Fsp3) is 0.167. The number of fused-ring (bicyclic) bond motifs is 1. The molecule has 0 saturated heterocycles. The Balaban J connectivity index is 1.65. The number of rotatable bonds is 2. The van der Waals surface area contributed by atoms with Gasteiger partial charge in [0.05, 0.1) is 23.4 Å². The van der Waals surface area contributed by atoms with Crippen LogP contribution in [0.5, 0.6) is 0 Å². The summed E-state index contributed by atoms with van der Waals surface area (Å²) in [5, 5.41) is 3.17. The van der Waals surface area contributed by atoms with E-state index in [0.717, 1.165) is 11.4 Å². The minimum absolute atomic E-state index is 0.0967. The number of pyridine rings is 1. The normalized spacial score (nSPS) is 13.6. The summed E-state index contributed by atoms with van der Waals surface area (Å²) < 4.78 is 1.54. The Bertz CT molecular complexity index is 929. The Hall–Kier alpha value is -3.15. The molecule has 0 unspecified atom stereocenters. The highest BCUT2D eigenvalue weighted by atomic mass is 16.2. The van der Waals surface area contributed by atoms with Gasteiger partial charge < -0.3 is 4.90 Å². The summed E-state index contributed by atoms with van der Waals surface area (Å²) in [5.41, 5.74) is 2.79. The molecule has 24 heavy (non-hydrogen) atoms. The zero-order chi connectivity index (χ0) is 16.5. The molecule has 6 nitrogen and oxygen atoms in total. The van der Waals surface area contributed by atoms with E-state index in [4.69, 9.17) is 0 Å². The summed E-state index contributed by atoms with van der Waals surface area (Å²) in [6, 6.07) is 12.9. The highest BCUT2D eigenvalue weighted by Crippen LogP contribution is 2.17. The third-order valence-electron chi connectivity index (χ3n) is 4.26. The lowest BCUT2D eigenvalue weighted by molar-refractivity contribution is 0.0733. The molecule has 2 aromatic heterocycles. The van der Waals surface area contributed by atoms with Gasteiger partial charge in [0.1, 0.15) is 0 Å². The predicted molar refractivity (Wildman–Crippen MR) is 89.1 cm³/mol. The average Bonchev–Trinajstić information content (AvgIpc) is 2.99. The van der Waals surface area contributed by atoms with Crippen molar-refractivity contribution < 1.29 is 4.79 Å². The van der Waals surface area contributed by atoms with E-state index in [-0.39, 0.29) is 11.5 Å². The molecule has 4 rings (SSSR count). The molecule has 0 saturated carbocycles. The largest absolute Gasteiger partial charge is 0.334 e. The molecule has 3 aromatic rings. The van der Waals surface area contributed by atoms with Gasteiger partial charge in [0.15, 0.2) is 0 Å². The van der Waals surface area contributed by atoms with Gasteiger partial charge in [-0.2, -0.15) is 0 Å². The van der Waals surface area contributed by atoms with Crippen LogP contribution in [0.2, 0.25) is 0 Å². The number of carbonyl (C=O) groups is 1. The lowest BCUT2D eigenvalue weighted by Crippen LogP contribution is -2.37. The van der Waals surface area contributed by atoms with Gasteiger partial charge in [0, 0.05) is 31.1 Å². The minimum atomic E-state index is -0.0973. The summed E-state index contributed by atoms with van der Waals surface area (Å²) in [5.74, 6) is -0.0967. The Morgan fingerprint density at radius 3 is 2.71 bits per heavy atom. The maximum atomic E-state index is 12.7. The summed E-state index contributed by atoms with van der Waals surface area (Å²) >= 11 is 0.